The molecule has 0 aromatic heterocycles. The van der Waals surface area contributed by atoms with Crippen LogP contribution in [0.25, 0.3) is 0 Å². The fraction of sp³-hybridized carbons (Fsp3) is 0.867. The third-order valence-electron chi connectivity index (χ3n) is 10.3. The summed E-state index contributed by atoms with van der Waals surface area (Å²) in [5.41, 5.74) is -0.504. The maximum Gasteiger partial charge on any atom is 0.306 e. The van der Waals surface area contributed by atoms with Gasteiger partial charge in [-0.3, -0.25) is 19.2 Å². The second-order valence-corrected chi connectivity index (χ2v) is 16.6. The second-order valence-electron chi connectivity index (χ2n) is 16.6. The van der Waals surface area contributed by atoms with Crippen LogP contribution < -0.4 is 21.5 Å². The standard InChI is InChI=1S/C45H83N3O6/c1-7-9-11-13-17-23-30-38(31-24-18-14-12-10-8-2)53-39(49)32-25-19-15-21-27-35-48(37-29-34-47-42-41(46-6)43(51)44(42)52)36-28-22-16-20-26-33-40(50)54-45(3,4)5/h38,46-47H,7-37H2,1-6H3. The van der Waals surface area contributed by atoms with Crippen LogP contribution in [0, 0.1) is 0 Å². The highest BCUT2D eigenvalue weighted by atomic mass is 16.6. The minimum Gasteiger partial charge on any atom is -0.462 e. The van der Waals surface area contributed by atoms with E-state index >= 15 is 0 Å². The van der Waals surface area contributed by atoms with Crippen LogP contribution in [-0.2, 0) is 19.1 Å². The number of carbonyl (C=O) groups is 2. The van der Waals surface area contributed by atoms with Gasteiger partial charge in [0.15, 0.2) is 0 Å². The molecule has 314 valence electrons. The summed E-state index contributed by atoms with van der Waals surface area (Å²) >= 11 is 0. The van der Waals surface area contributed by atoms with Crippen LogP contribution in [0.5, 0.6) is 0 Å². The fourth-order valence-corrected chi connectivity index (χ4v) is 7.12. The molecule has 0 heterocycles. The molecule has 0 aliphatic rings. The van der Waals surface area contributed by atoms with E-state index in [0.717, 1.165) is 116 Å². The number of ether oxygens (including phenoxy) is 2. The van der Waals surface area contributed by atoms with E-state index in [4.69, 9.17) is 9.47 Å². The first-order valence-electron chi connectivity index (χ1n) is 22.4. The zero-order valence-electron chi connectivity index (χ0n) is 35.9. The van der Waals surface area contributed by atoms with Gasteiger partial charge in [-0.05, 0) is 98.2 Å². The summed E-state index contributed by atoms with van der Waals surface area (Å²) in [5.74, 6) is -0.119. The molecule has 0 unspecified atom stereocenters. The predicted octanol–water partition coefficient (Wildman–Crippen LogP) is 10.9. The van der Waals surface area contributed by atoms with E-state index < -0.39 is 16.5 Å². The SMILES string of the molecule is CCCCCCCCC(CCCCCCCC)OC(=O)CCCCCCCN(CCCCCCCC(=O)OC(C)(C)C)CCCNc1c(NC)c(=O)c1=O. The van der Waals surface area contributed by atoms with Gasteiger partial charge >= 0.3 is 11.9 Å². The lowest BCUT2D eigenvalue weighted by Crippen LogP contribution is -2.37. The van der Waals surface area contributed by atoms with Crippen molar-refractivity contribution in [2.75, 3.05) is 43.9 Å². The molecule has 0 saturated heterocycles. The molecule has 1 aromatic carbocycles. The molecule has 0 radical (unpaired) electrons. The van der Waals surface area contributed by atoms with E-state index in [-0.39, 0.29) is 18.0 Å². The van der Waals surface area contributed by atoms with E-state index in [1.165, 1.54) is 64.2 Å². The molecule has 2 N–H and O–H groups in total. The Morgan fingerprint density at radius 1 is 0.574 bits per heavy atom. The van der Waals surface area contributed by atoms with E-state index in [0.29, 0.717) is 30.8 Å². The Morgan fingerprint density at radius 3 is 1.50 bits per heavy atom. The van der Waals surface area contributed by atoms with Crippen molar-refractivity contribution in [2.24, 2.45) is 0 Å². The largest absolute Gasteiger partial charge is 0.462 e. The van der Waals surface area contributed by atoms with Gasteiger partial charge < -0.3 is 25.0 Å². The van der Waals surface area contributed by atoms with Crippen LogP contribution in [0.4, 0.5) is 11.4 Å². The Balaban J connectivity index is 2.40. The number of unbranched alkanes of at least 4 members (excludes halogenated alkanes) is 18. The molecule has 0 aliphatic carbocycles. The van der Waals surface area contributed by atoms with Crippen LogP contribution in [0.1, 0.15) is 208 Å². The molecule has 0 fully saturated rings. The van der Waals surface area contributed by atoms with Crippen molar-refractivity contribution < 1.29 is 19.1 Å². The monoisotopic (exact) mass is 762 g/mol. The number of hydrogen-bond acceptors (Lipinski definition) is 9. The number of esters is 2. The molecule has 0 aliphatic heterocycles. The summed E-state index contributed by atoms with van der Waals surface area (Å²) in [5, 5.41) is 5.99. The molecule has 0 saturated carbocycles. The van der Waals surface area contributed by atoms with Crippen molar-refractivity contribution in [1.29, 1.82) is 0 Å². The van der Waals surface area contributed by atoms with Gasteiger partial charge in [0.1, 0.15) is 23.1 Å². The van der Waals surface area contributed by atoms with Gasteiger partial charge in [-0.1, -0.05) is 117 Å². The van der Waals surface area contributed by atoms with Crippen LogP contribution in [0.3, 0.4) is 0 Å². The summed E-state index contributed by atoms with van der Waals surface area (Å²) in [6, 6.07) is 0. The number of carbonyl (C=O) groups excluding carboxylic acids is 2. The highest BCUT2D eigenvalue weighted by Gasteiger charge is 2.19. The third kappa shape index (κ3) is 25.6. The van der Waals surface area contributed by atoms with Crippen LogP contribution in [0.2, 0.25) is 0 Å². The quantitative estimate of drug-likeness (QED) is 0.0388. The molecule has 0 atom stereocenters. The molecule has 1 rings (SSSR count). The minimum absolute atomic E-state index is 0.00726. The molecule has 0 amide bonds. The van der Waals surface area contributed by atoms with Crippen LogP contribution >= 0.6 is 0 Å². The Bertz CT molecular complexity index is 1140. The first-order chi connectivity index (χ1) is 26.0. The van der Waals surface area contributed by atoms with Crippen molar-refractivity contribution in [3.8, 4) is 0 Å². The molecule has 0 spiro atoms. The molecule has 9 nitrogen and oxygen atoms in total. The zero-order chi connectivity index (χ0) is 39.9. The number of hydrogen-bond donors (Lipinski definition) is 2. The maximum atomic E-state index is 12.8. The summed E-state index contributed by atoms with van der Waals surface area (Å²) in [6.07, 6.45) is 29.8. The number of nitrogens with zero attached hydrogens (tertiary/aromatic N) is 1. The lowest BCUT2D eigenvalue weighted by Gasteiger charge is -2.23. The van der Waals surface area contributed by atoms with Crippen LogP contribution in [0.15, 0.2) is 9.59 Å². The fourth-order valence-electron chi connectivity index (χ4n) is 7.12. The van der Waals surface area contributed by atoms with Gasteiger partial charge in [-0.25, -0.2) is 0 Å². The van der Waals surface area contributed by atoms with Crippen molar-refractivity contribution in [3.63, 3.8) is 0 Å². The molecule has 9 heteroatoms. The Morgan fingerprint density at radius 2 is 1.00 bits per heavy atom. The van der Waals surface area contributed by atoms with E-state index in [1.807, 2.05) is 20.8 Å². The summed E-state index contributed by atoms with van der Waals surface area (Å²) in [7, 11) is 1.66. The number of nitrogens with one attached hydrogen (secondary N) is 2. The average Bonchev–Trinajstić information content (AvgIpc) is 3.13. The second kappa shape index (κ2) is 31.7. The van der Waals surface area contributed by atoms with Crippen molar-refractivity contribution in [2.45, 2.75) is 220 Å². The molecule has 0 bridgehead atoms. The third-order valence-corrected chi connectivity index (χ3v) is 10.3. The summed E-state index contributed by atoms with van der Waals surface area (Å²) in [4.78, 5) is 50.9. The Labute approximate surface area is 330 Å². The smallest absolute Gasteiger partial charge is 0.306 e. The summed E-state index contributed by atoms with van der Waals surface area (Å²) < 4.78 is 11.5. The summed E-state index contributed by atoms with van der Waals surface area (Å²) in [6.45, 7) is 13.9. The topological polar surface area (TPSA) is 114 Å². The van der Waals surface area contributed by atoms with Crippen molar-refractivity contribution in [1.82, 2.24) is 4.90 Å². The van der Waals surface area contributed by atoms with Gasteiger partial charge in [-0.15, -0.1) is 0 Å². The molecular weight excluding hydrogens is 679 g/mol. The molecular formula is C45H83N3O6. The van der Waals surface area contributed by atoms with Gasteiger partial charge in [0.2, 0.25) is 0 Å². The Kier molecular flexibility index (Phi) is 29.2. The van der Waals surface area contributed by atoms with Gasteiger partial charge in [0.25, 0.3) is 10.9 Å². The lowest BCUT2D eigenvalue weighted by molar-refractivity contribution is -0.155. The van der Waals surface area contributed by atoms with Gasteiger partial charge in [-0.2, -0.15) is 0 Å². The van der Waals surface area contributed by atoms with Gasteiger partial charge in [0.05, 0.1) is 0 Å². The molecule has 54 heavy (non-hydrogen) atoms. The van der Waals surface area contributed by atoms with Crippen molar-refractivity contribution in [3.05, 3.63) is 20.4 Å². The predicted molar refractivity (Wildman–Crippen MR) is 228 cm³/mol. The lowest BCUT2D eigenvalue weighted by atomic mass is 10.0. The van der Waals surface area contributed by atoms with E-state index in [2.05, 4.69) is 29.4 Å². The van der Waals surface area contributed by atoms with Gasteiger partial charge in [0, 0.05) is 26.4 Å². The van der Waals surface area contributed by atoms with E-state index in [1.54, 1.807) is 7.05 Å². The maximum absolute atomic E-state index is 12.8. The number of rotatable bonds is 37. The zero-order valence-corrected chi connectivity index (χ0v) is 35.9. The van der Waals surface area contributed by atoms with E-state index in [9.17, 15) is 19.2 Å². The minimum atomic E-state index is -0.444. The Hall–Kier alpha value is -2.42. The van der Waals surface area contributed by atoms with Crippen LogP contribution in [-0.4, -0.2) is 61.8 Å². The average molecular weight is 762 g/mol. The first-order valence-corrected chi connectivity index (χ1v) is 22.4. The molecule has 1 aromatic rings. The highest BCUT2D eigenvalue weighted by molar-refractivity contribution is 5.73. The normalized spacial score (nSPS) is 11.9. The van der Waals surface area contributed by atoms with Crippen molar-refractivity contribution >= 4 is 23.3 Å². The number of anilines is 2. The first kappa shape index (κ1) is 49.6. The highest BCUT2D eigenvalue weighted by Crippen LogP contribution is 2.19.